The number of nitrogens with one attached hydrogen (secondary N) is 1. The highest BCUT2D eigenvalue weighted by molar-refractivity contribution is 5.80. The highest BCUT2D eigenvalue weighted by atomic mass is 16.3. The first-order valence-electron chi connectivity index (χ1n) is 33.0. The first kappa shape index (κ1) is 72.3. The summed E-state index contributed by atoms with van der Waals surface area (Å²) < 4.78 is 0. The first-order chi connectivity index (χ1) is 36.5. The number of allylic oxidation sites excluding steroid dienone is 8. The molecule has 0 radical (unpaired) electrons. The molecule has 0 saturated carbocycles. The van der Waals surface area contributed by atoms with Crippen molar-refractivity contribution in [1.29, 1.82) is 0 Å². The lowest BCUT2D eigenvalue weighted by Crippen LogP contribution is -2.53. The van der Waals surface area contributed by atoms with Crippen LogP contribution in [-0.2, 0) is 4.79 Å². The zero-order valence-corrected chi connectivity index (χ0v) is 49.6. The van der Waals surface area contributed by atoms with Crippen LogP contribution in [0.25, 0.3) is 0 Å². The predicted molar refractivity (Wildman–Crippen MR) is 325 cm³/mol. The van der Waals surface area contributed by atoms with Crippen molar-refractivity contribution in [2.24, 2.45) is 0 Å². The monoisotopic (exact) mass is 1040 g/mol. The predicted octanol–water partition coefficient (Wildman–Crippen LogP) is 20.1. The van der Waals surface area contributed by atoms with Crippen LogP contribution in [0.1, 0.15) is 348 Å². The van der Waals surface area contributed by atoms with Crippen LogP contribution >= 0.6 is 0 Å². The van der Waals surface area contributed by atoms with Gasteiger partial charge in [-0.2, -0.15) is 0 Å². The van der Waals surface area contributed by atoms with Crippen molar-refractivity contribution >= 4 is 5.91 Å². The molecule has 0 aliphatic heterocycles. The van der Waals surface area contributed by atoms with E-state index in [0.717, 1.165) is 44.9 Å². The van der Waals surface area contributed by atoms with Gasteiger partial charge in [-0.05, 0) is 83.5 Å². The number of unbranched alkanes of at least 4 members (excludes halogenated alkanes) is 44. The molecular formula is C68H129NO5. The smallest absolute Gasteiger partial charge is 0.249 e. The summed E-state index contributed by atoms with van der Waals surface area (Å²) in [4.78, 5) is 12.6. The SMILES string of the molecule is CCCCCCCCCCCCCCC/C=C\C/C=C\CCCCCCCCCCCCCCCCCCC(O)C(=O)NC(CO)C(O)C(O)CCC/C=C/CC/C=C/CCCCCCCCCCCCCCC. The van der Waals surface area contributed by atoms with Gasteiger partial charge in [-0.3, -0.25) is 4.79 Å². The topological polar surface area (TPSA) is 110 Å². The van der Waals surface area contributed by atoms with E-state index in [0.29, 0.717) is 19.3 Å². The Labute approximate surface area is 461 Å². The third-order valence-electron chi connectivity index (χ3n) is 15.5. The summed E-state index contributed by atoms with van der Waals surface area (Å²) in [5.41, 5.74) is 0. The molecule has 0 spiro atoms. The lowest BCUT2D eigenvalue weighted by Gasteiger charge is -2.27. The van der Waals surface area contributed by atoms with E-state index in [4.69, 9.17) is 0 Å². The van der Waals surface area contributed by atoms with Crippen LogP contribution < -0.4 is 5.32 Å². The fourth-order valence-corrected chi connectivity index (χ4v) is 10.3. The molecule has 4 atom stereocenters. The van der Waals surface area contributed by atoms with Gasteiger partial charge in [-0.1, -0.05) is 313 Å². The minimum absolute atomic E-state index is 0.360. The van der Waals surface area contributed by atoms with Gasteiger partial charge < -0.3 is 25.7 Å². The summed E-state index contributed by atoms with van der Waals surface area (Å²) in [7, 11) is 0. The number of amides is 1. The maximum absolute atomic E-state index is 12.6. The van der Waals surface area contributed by atoms with E-state index >= 15 is 0 Å². The largest absolute Gasteiger partial charge is 0.394 e. The summed E-state index contributed by atoms with van der Waals surface area (Å²) in [6.07, 6.45) is 80.8. The molecular weight excluding hydrogens is 911 g/mol. The molecule has 1 amide bonds. The van der Waals surface area contributed by atoms with E-state index < -0.39 is 36.9 Å². The third-order valence-corrected chi connectivity index (χ3v) is 15.5. The summed E-state index contributed by atoms with van der Waals surface area (Å²) in [5.74, 6) is -0.594. The minimum Gasteiger partial charge on any atom is -0.394 e. The van der Waals surface area contributed by atoms with E-state index in [9.17, 15) is 25.2 Å². The van der Waals surface area contributed by atoms with Crippen LogP contribution in [0.3, 0.4) is 0 Å². The second-order valence-corrected chi connectivity index (χ2v) is 22.8. The molecule has 0 fully saturated rings. The van der Waals surface area contributed by atoms with Crippen LogP contribution in [0.15, 0.2) is 48.6 Å². The Balaban J connectivity index is 3.60. The van der Waals surface area contributed by atoms with Gasteiger partial charge in [0.2, 0.25) is 5.91 Å². The minimum atomic E-state index is -1.29. The van der Waals surface area contributed by atoms with E-state index in [-0.39, 0.29) is 0 Å². The van der Waals surface area contributed by atoms with Gasteiger partial charge in [0.05, 0.1) is 18.8 Å². The molecule has 0 aromatic carbocycles. The molecule has 0 saturated heterocycles. The van der Waals surface area contributed by atoms with E-state index in [1.807, 2.05) is 0 Å². The van der Waals surface area contributed by atoms with E-state index in [1.54, 1.807) is 0 Å². The van der Waals surface area contributed by atoms with Gasteiger partial charge in [-0.25, -0.2) is 0 Å². The van der Waals surface area contributed by atoms with E-state index in [1.165, 1.54) is 270 Å². The summed E-state index contributed by atoms with van der Waals surface area (Å²) in [6, 6.07) is -1.01. The number of hydrogen-bond donors (Lipinski definition) is 5. The van der Waals surface area contributed by atoms with Gasteiger partial charge >= 0.3 is 0 Å². The van der Waals surface area contributed by atoms with Gasteiger partial charge in [0.1, 0.15) is 12.2 Å². The lowest BCUT2D eigenvalue weighted by atomic mass is 10.00. The molecule has 6 nitrogen and oxygen atoms in total. The average molecular weight is 1040 g/mol. The molecule has 436 valence electrons. The van der Waals surface area contributed by atoms with E-state index in [2.05, 4.69) is 67.8 Å². The molecule has 0 aromatic rings. The van der Waals surface area contributed by atoms with Crippen LogP contribution in [0.2, 0.25) is 0 Å². The molecule has 0 aromatic heterocycles. The number of carbonyl (C=O) groups excluding carboxylic acids is 1. The maximum atomic E-state index is 12.6. The third kappa shape index (κ3) is 55.0. The second-order valence-electron chi connectivity index (χ2n) is 22.8. The molecule has 74 heavy (non-hydrogen) atoms. The summed E-state index contributed by atoms with van der Waals surface area (Å²) in [6.45, 7) is 4.08. The molecule has 5 N–H and O–H groups in total. The molecule has 0 aliphatic rings. The van der Waals surface area contributed by atoms with Gasteiger partial charge in [-0.15, -0.1) is 0 Å². The van der Waals surface area contributed by atoms with Crippen molar-refractivity contribution < 1.29 is 25.2 Å². The second kappa shape index (κ2) is 62.1. The fraction of sp³-hybridized carbons (Fsp3) is 0.868. The summed E-state index contributed by atoms with van der Waals surface area (Å²) >= 11 is 0. The first-order valence-corrected chi connectivity index (χ1v) is 33.0. The fourth-order valence-electron chi connectivity index (χ4n) is 10.3. The number of aliphatic hydroxyl groups is 4. The van der Waals surface area contributed by atoms with Gasteiger partial charge in [0.15, 0.2) is 0 Å². The Morgan fingerprint density at radius 1 is 0.338 bits per heavy atom. The normalized spacial score (nSPS) is 13.9. The quantitative estimate of drug-likeness (QED) is 0.0308. The standard InChI is InChI=1S/C68H129NO5/c1-3-5-7-9-11-13-15-17-19-21-23-25-27-28-29-30-31-32-33-34-35-36-37-38-39-40-42-44-46-48-50-52-54-56-58-60-62-66(72)68(74)69-64(63-70)67(73)65(71)61-59-57-55-53-51-49-47-45-43-41-26-24-22-20-18-16-14-12-10-8-6-4-2/h29-30,32-33,45,47,53,55,64-67,70-73H,3-28,31,34-44,46,48-52,54,56-63H2,1-2H3,(H,69,74)/b30-29-,33-32-,47-45+,55-53+. The van der Waals surface area contributed by atoms with Crippen molar-refractivity contribution in [3.05, 3.63) is 48.6 Å². The highest BCUT2D eigenvalue weighted by Crippen LogP contribution is 2.18. The molecule has 0 bridgehead atoms. The Morgan fingerprint density at radius 2 is 0.608 bits per heavy atom. The van der Waals surface area contributed by atoms with Gasteiger partial charge in [0, 0.05) is 0 Å². The number of hydrogen-bond acceptors (Lipinski definition) is 5. The Bertz CT molecular complexity index is 1210. The van der Waals surface area contributed by atoms with Crippen LogP contribution in [-0.4, -0.2) is 57.3 Å². The Hall–Kier alpha value is -1.73. The lowest BCUT2D eigenvalue weighted by molar-refractivity contribution is -0.132. The number of aliphatic hydroxyl groups excluding tert-OH is 4. The van der Waals surface area contributed by atoms with Crippen molar-refractivity contribution in [2.45, 2.75) is 372 Å². The van der Waals surface area contributed by atoms with Crippen molar-refractivity contribution in [3.63, 3.8) is 0 Å². The van der Waals surface area contributed by atoms with Crippen LogP contribution in [0.5, 0.6) is 0 Å². The molecule has 0 aliphatic carbocycles. The average Bonchev–Trinajstić information content (AvgIpc) is 3.41. The number of carbonyl (C=O) groups is 1. The highest BCUT2D eigenvalue weighted by Gasteiger charge is 2.28. The molecule has 0 heterocycles. The van der Waals surface area contributed by atoms with Crippen molar-refractivity contribution in [3.8, 4) is 0 Å². The van der Waals surface area contributed by atoms with Crippen LogP contribution in [0.4, 0.5) is 0 Å². The van der Waals surface area contributed by atoms with Gasteiger partial charge in [0.25, 0.3) is 0 Å². The zero-order valence-electron chi connectivity index (χ0n) is 49.6. The van der Waals surface area contributed by atoms with Crippen molar-refractivity contribution in [1.82, 2.24) is 5.32 Å². The Kier molecular flexibility index (Phi) is 60.7. The maximum Gasteiger partial charge on any atom is 0.249 e. The Morgan fingerprint density at radius 3 is 0.932 bits per heavy atom. The molecule has 0 rings (SSSR count). The molecule has 4 unspecified atom stereocenters. The molecule has 6 heteroatoms. The summed E-state index contributed by atoms with van der Waals surface area (Å²) in [5, 5.41) is 44.1. The zero-order chi connectivity index (χ0) is 53.7. The van der Waals surface area contributed by atoms with Crippen molar-refractivity contribution in [2.75, 3.05) is 6.61 Å². The number of rotatable bonds is 61. The van der Waals surface area contributed by atoms with Crippen LogP contribution in [0, 0.1) is 0 Å².